The van der Waals surface area contributed by atoms with Crippen LogP contribution in [0.2, 0.25) is 0 Å². The lowest BCUT2D eigenvalue weighted by Gasteiger charge is -1.89. The van der Waals surface area contributed by atoms with Crippen molar-refractivity contribution in [2.24, 2.45) is 0 Å². The minimum absolute atomic E-state index is 0.394. The first kappa shape index (κ1) is 6.90. The predicted molar refractivity (Wildman–Crippen MR) is 43.2 cm³/mol. The number of nitrogens with zero attached hydrogens (tertiary/aromatic N) is 2. The van der Waals surface area contributed by atoms with E-state index in [1.807, 2.05) is 6.92 Å². The molecule has 0 saturated carbocycles. The van der Waals surface area contributed by atoms with Gasteiger partial charge in [-0.3, -0.25) is 0 Å². The molecule has 0 unspecified atom stereocenters. The van der Waals surface area contributed by atoms with Crippen molar-refractivity contribution in [3.05, 3.63) is 18.2 Å². The average molecular weight is 164 g/mol. The van der Waals surface area contributed by atoms with Gasteiger partial charge >= 0.3 is 0 Å². The zero-order valence-electron chi connectivity index (χ0n) is 6.53. The number of H-pyrrole nitrogens is 1. The largest absolute Gasteiger partial charge is 0.369 e. The molecule has 0 radical (unpaired) electrons. The number of nitrogen functional groups attached to an aromatic ring is 1. The van der Waals surface area contributed by atoms with Gasteiger partial charge in [0.2, 0.25) is 0 Å². The van der Waals surface area contributed by atoms with Crippen molar-refractivity contribution in [3.8, 4) is 11.3 Å². The summed E-state index contributed by atoms with van der Waals surface area (Å²) in [4.78, 5) is 6.75. The number of rotatable bonds is 1. The summed E-state index contributed by atoms with van der Waals surface area (Å²) in [5, 5.41) is 3.64. The van der Waals surface area contributed by atoms with E-state index in [9.17, 15) is 0 Å². The van der Waals surface area contributed by atoms with Crippen LogP contribution in [0, 0.1) is 6.92 Å². The van der Waals surface area contributed by atoms with Crippen molar-refractivity contribution < 1.29 is 4.52 Å². The van der Waals surface area contributed by atoms with Crippen molar-refractivity contribution in [1.29, 1.82) is 0 Å². The van der Waals surface area contributed by atoms with Gasteiger partial charge in [-0.05, 0) is 6.92 Å². The van der Waals surface area contributed by atoms with E-state index >= 15 is 0 Å². The summed E-state index contributed by atoms with van der Waals surface area (Å²) in [6.45, 7) is 1.83. The average Bonchev–Trinajstić information content (AvgIpc) is 2.58. The fourth-order valence-corrected chi connectivity index (χ4v) is 1.03. The highest BCUT2D eigenvalue weighted by atomic mass is 16.5. The predicted octanol–water partition coefficient (Wildman–Crippen LogP) is 0.955. The van der Waals surface area contributed by atoms with Gasteiger partial charge in [-0.15, -0.1) is 0 Å². The highest BCUT2D eigenvalue weighted by Crippen LogP contribution is 2.20. The lowest BCUT2D eigenvalue weighted by atomic mass is 10.2. The number of hydrogen-bond acceptors (Lipinski definition) is 4. The first-order valence-corrected chi connectivity index (χ1v) is 3.49. The van der Waals surface area contributed by atoms with E-state index in [1.54, 1.807) is 12.4 Å². The van der Waals surface area contributed by atoms with Gasteiger partial charge in [0.1, 0.15) is 5.76 Å². The van der Waals surface area contributed by atoms with Crippen LogP contribution in [0.25, 0.3) is 11.3 Å². The molecule has 0 fully saturated rings. The van der Waals surface area contributed by atoms with E-state index < -0.39 is 0 Å². The molecular weight excluding hydrogens is 156 g/mol. The van der Waals surface area contributed by atoms with Crippen LogP contribution in [0.15, 0.2) is 16.9 Å². The van der Waals surface area contributed by atoms with E-state index in [0.717, 1.165) is 17.0 Å². The lowest BCUT2D eigenvalue weighted by molar-refractivity contribution is 0.398. The second kappa shape index (κ2) is 2.37. The molecule has 5 heteroatoms. The molecule has 62 valence electrons. The van der Waals surface area contributed by atoms with Crippen LogP contribution in [0.3, 0.4) is 0 Å². The standard InChI is InChI=1S/C7H8N4O/c1-4-5(2-10-12-4)6-3-9-7(8)11-6/h2-3H,1H3,(H3,8,9,11). The fraction of sp³-hybridized carbons (Fsp3) is 0.143. The number of anilines is 1. The molecule has 12 heavy (non-hydrogen) atoms. The Morgan fingerprint density at radius 3 is 2.83 bits per heavy atom. The normalized spacial score (nSPS) is 10.4. The quantitative estimate of drug-likeness (QED) is 0.657. The molecule has 0 saturated heterocycles. The molecule has 0 aliphatic carbocycles. The Hall–Kier alpha value is -1.78. The molecule has 0 aliphatic rings. The molecule has 2 rings (SSSR count). The molecule has 2 heterocycles. The van der Waals surface area contributed by atoms with Gasteiger partial charge in [0.15, 0.2) is 5.95 Å². The Labute approximate surface area is 68.6 Å². The van der Waals surface area contributed by atoms with Crippen molar-refractivity contribution in [3.63, 3.8) is 0 Å². The summed E-state index contributed by atoms with van der Waals surface area (Å²) in [5.74, 6) is 1.14. The lowest BCUT2D eigenvalue weighted by Crippen LogP contribution is -1.85. The molecule has 0 atom stereocenters. The number of aryl methyl sites for hydroxylation is 1. The summed E-state index contributed by atoms with van der Waals surface area (Å²) in [6, 6.07) is 0. The van der Waals surface area contributed by atoms with Crippen LogP contribution in [0.5, 0.6) is 0 Å². The molecule has 0 amide bonds. The van der Waals surface area contributed by atoms with Crippen molar-refractivity contribution >= 4 is 5.95 Å². The maximum atomic E-state index is 5.42. The topological polar surface area (TPSA) is 80.7 Å². The Balaban J connectivity index is 2.50. The zero-order chi connectivity index (χ0) is 8.55. The number of nitrogens with one attached hydrogen (secondary N) is 1. The van der Waals surface area contributed by atoms with E-state index in [-0.39, 0.29) is 0 Å². The van der Waals surface area contributed by atoms with Crippen LogP contribution >= 0.6 is 0 Å². The summed E-state index contributed by atoms with van der Waals surface area (Å²) in [5.41, 5.74) is 7.13. The van der Waals surface area contributed by atoms with Crippen molar-refractivity contribution in [1.82, 2.24) is 15.1 Å². The summed E-state index contributed by atoms with van der Waals surface area (Å²) >= 11 is 0. The number of nitrogens with two attached hydrogens (primary N) is 1. The summed E-state index contributed by atoms with van der Waals surface area (Å²) < 4.78 is 4.89. The maximum absolute atomic E-state index is 5.42. The monoisotopic (exact) mass is 164 g/mol. The molecule has 0 spiro atoms. The zero-order valence-corrected chi connectivity index (χ0v) is 6.53. The highest BCUT2D eigenvalue weighted by Gasteiger charge is 2.07. The van der Waals surface area contributed by atoms with Gasteiger partial charge in [0.25, 0.3) is 0 Å². The van der Waals surface area contributed by atoms with Gasteiger partial charge in [0, 0.05) is 0 Å². The Morgan fingerprint density at radius 2 is 2.33 bits per heavy atom. The van der Waals surface area contributed by atoms with Gasteiger partial charge in [-0.2, -0.15) is 0 Å². The van der Waals surface area contributed by atoms with E-state index in [4.69, 9.17) is 10.3 Å². The van der Waals surface area contributed by atoms with Gasteiger partial charge in [0.05, 0.1) is 23.7 Å². The molecule has 5 nitrogen and oxygen atoms in total. The smallest absolute Gasteiger partial charge is 0.197 e. The second-order valence-electron chi connectivity index (χ2n) is 2.48. The number of aromatic nitrogens is 3. The summed E-state index contributed by atoms with van der Waals surface area (Å²) in [7, 11) is 0. The highest BCUT2D eigenvalue weighted by molar-refractivity contribution is 5.60. The third kappa shape index (κ3) is 0.952. The van der Waals surface area contributed by atoms with Crippen molar-refractivity contribution in [2.45, 2.75) is 6.92 Å². The van der Waals surface area contributed by atoms with Gasteiger partial charge in [-0.1, -0.05) is 5.16 Å². The molecular formula is C7H8N4O. The fourth-order valence-electron chi connectivity index (χ4n) is 1.03. The van der Waals surface area contributed by atoms with Crippen molar-refractivity contribution in [2.75, 3.05) is 5.73 Å². The van der Waals surface area contributed by atoms with Gasteiger partial charge < -0.3 is 15.2 Å². The maximum Gasteiger partial charge on any atom is 0.197 e. The molecule has 0 aromatic carbocycles. The molecule has 0 bridgehead atoms. The number of imidazole rings is 1. The van der Waals surface area contributed by atoms with Gasteiger partial charge in [-0.25, -0.2) is 4.98 Å². The third-order valence-electron chi connectivity index (χ3n) is 1.64. The van der Waals surface area contributed by atoms with Crippen LogP contribution in [-0.2, 0) is 0 Å². The SMILES string of the molecule is Cc1oncc1-c1cnc(N)[nH]1. The number of hydrogen-bond donors (Lipinski definition) is 2. The first-order valence-electron chi connectivity index (χ1n) is 3.49. The molecule has 3 N–H and O–H groups in total. The Kier molecular flexibility index (Phi) is 1.36. The minimum atomic E-state index is 0.394. The van der Waals surface area contributed by atoms with Crippen LogP contribution in [0.1, 0.15) is 5.76 Å². The second-order valence-corrected chi connectivity index (χ2v) is 2.48. The molecule has 2 aromatic heterocycles. The van der Waals surface area contributed by atoms with E-state index in [2.05, 4.69) is 15.1 Å². The first-order chi connectivity index (χ1) is 5.77. The molecule has 0 aliphatic heterocycles. The Morgan fingerprint density at radius 1 is 1.50 bits per heavy atom. The third-order valence-corrected chi connectivity index (χ3v) is 1.64. The van der Waals surface area contributed by atoms with Crippen LogP contribution in [-0.4, -0.2) is 15.1 Å². The Bertz CT molecular complexity index is 390. The van der Waals surface area contributed by atoms with Crippen LogP contribution in [0.4, 0.5) is 5.95 Å². The summed E-state index contributed by atoms with van der Waals surface area (Å²) in [6.07, 6.45) is 3.27. The van der Waals surface area contributed by atoms with E-state index in [1.165, 1.54) is 0 Å². The molecule has 2 aromatic rings. The van der Waals surface area contributed by atoms with Crippen LogP contribution < -0.4 is 5.73 Å². The van der Waals surface area contributed by atoms with E-state index in [0.29, 0.717) is 5.95 Å². The number of aromatic amines is 1. The minimum Gasteiger partial charge on any atom is -0.369 e.